The second-order valence-electron chi connectivity index (χ2n) is 6.70. The number of aromatic nitrogens is 2. The third kappa shape index (κ3) is 4.74. The second kappa shape index (κ2) is 8.20. The van der Waals surface area contributed by atoms with Crippen LogP contribution in [0.3, 0.4) is 0 Å². The quantitative estimate of drug-likeness (QED) is 0.653. The van der Waals surface area contributed by atoms with Gasteiger partial charge in [0.25, 0.3) is 0 Å². The standard InChI is InChI=1S/C19H21IN4O3/c1-11-9-12(2)22-19(21-11)24-7-5-13(6-8-24)17(25)23-16-4-3-14(20)10-15(16)18(26)27/h3-4,9-10,13H,5-8H2,1-2H3,(H,23,25)(H,26,27). The zero-order chi connectivity index (χ0) is 19.6. The monoisotopic (exact) mass is 480 g/mol. The Hall–Kier alpha value is -2.23. The summed E-state index contributed by atoms with van der Waals surface area (Å²) < 4.78 is 0.810. The molecule has 0 saturated carbocycles. The van der Waals surface area contributed by atoms with Crippen molar-refractivity contribution in [3.63, 3.8) is 0 Å². The van der Waals surface area contributed by atoms with Gasteiger partial charge in [0.1, 0.15) is 0 Å². The number of rotatable bonds is 4. The molecule has 8 heteroatoms. The minimum Gasteiger partial charge on any atom is -0.478 e. The van der Waals surface area contributed by atoms with E-state index in [0.717, 1.165) is 15.0 Å². The fraction of sp³-hybridized carbons (Fsp3) is 0.368. The number of hydrogen-bond donors (Lipinski definition) is 2. The number of piperidine rings is 1. The summed E-state index contributed by atoms with van der Waals surface area (Å²) in [6.07, 6.45) is 1.35. The second-order valence-corrected chi connectivity index (χ2v) is 7.94. The van der Waals surface area contributed by atoms with E-state index in [1.54, 1.807) is 18.2 Å². The summed E-state index contributed by atoms with van der Waals surface area (Å²) in [6, 6.07) is 6.91. The maximum atomic E-state index is 12.6. The van der Waals surface area contributed by atoms with E-state index in [-0.39, 0.29) is 17.4 Å². The van der Waals surface area contributed by atoms with Crippen molar-refractivity contribution < 1.29 is 14.7 Å². The van der Waals surface area contributed by atoms with Crippen LogP contribution in [0.1, 0.15) is 34.6 Å². The molecular weight excluding hydrogens is 459 g/mol. The van der Waals surface area contributed by atoms with Crippen LogP contribution >= 0.6 is 22.6 Å². The van der Waals surface area contributed by atoms with Crippen LogP contribution in [0.2, 0.25) is 0 Å². The molecule has 1 aliphatic rings. The molecule has 0 atom stereocenters. The molecule has 2 N–H and O–H groups in total. The lowest BCUT2D eigenvalue weighted by atomic mass is 9.96. The van der Waals surface area contributed by atoms with Gasteiger partial charge in [0.2, 0.25) is 11.9 Å². The van der Waals surface area contributed by atoms with E-state index in [2.05, 4.69) is 42.8 Å². The van der Waals surface area contributed by atoms with Gasteiger partial charge in [-0.15, -0.1) is 0 Å². The zero-order valence-electron chi connectivity index (χ0n) is 15.2. The molecule has 3 rings (SSSR count). The minimum absolute atomic E-state index is 0.108. The lowest BCUT2D eigenvalue weighted by Gasteiger charge is -2.31. The van der Waals surface area contributed by atoms with Crippen molar-refractivity contribution in [2.24, 2.45) is 5.92 Å². The number of aryl methyl sites for hydroxylation is 2. The largest absolute Gasteiger partial charge is 0.478 e. The summed E-state index contributed by atoms with van der Waals surface area (Å²) >= 11 is 2.05. The Bertz CT molecular complexity index is 859. The summed E-state index contributed by atoms with van der Waals surface area (Å²) in [5.74, 6) is -0.643. The number of carbonyl (C=O) groups excluding carboxylic acids is 1. The highest BCUT2D eigenvalue weighted by Crippen LogP contribution is 2.24. The Morgan fingerprint density at radius 3 is 2.37 bits per heavy atom. The predicted octanol–water partition coefficient (Wildman–Crippen LogP) is 3.25. The third-order valence-electron chi connectivity index (χ3n) is 4.59. The van der Waals surface area contributed by atoms with Crippen molar-refractivity contribution >= 4 is 46.1 Å². The number of halogens is 1. The molecule has 0 unspecified atom stereocenters. The van der Waals surface area contributed by atoms with Gasteiger partial charge in [-0.3, -0.25) is 4.79 Å². The third-order valence-corrected chi connectivity index (χ3v) is 5.26. The van der Waals surface area contributed by atoms with Crippen LogP contribution in [0.15, 0.2) is 24.3 Å². The van der Waals surface area contributed by atoms with Crippen LogP contribution in [0, 0.1) is 23.3 Å². The fourth-order valence-corrected chi connectivity index (χ4v) is 3.72. The van der Waals surface area contributed by atoms with Gasteiger partial charge in [-0.2, -0.15) is 0 Å². The minimum atomic E-state index is -1.05. The van der Waals surface area contributed by atoms with Crippen molar-refractivity contribution in [3.05, 3.63) is 44.8 Å². The number of hydrogen-bond acceptors (Lipinski definition) is 5. The van der Waals surface area contributed by atoms with Crippen molar-refractivity contribution in [1.82, 2.24) is 9.97 Å². The average molecular weight is 480 g/mol. The number of amides is 1. The van der Waals surface area contributed by atoms with Gasteiger partial charge in [0.15, 0.2) is 0 Å². The molecule has 1 amide bonds. The smallest absolute Gasteiger partial charge is 0.337 e. The van der Waals surface area contributed by atoms with E-state index >= 15 is 0 Å². The molecule has 1 aromatic heterocycles. The normalized spacial score (nSPS) is 14.9. The number of nitrogens with one attached hydrogen (secondary N) is 1. The van der Waals surface area contributed by atoms with Gasteiger partial charge in [-0.25, -0.2) is 14.8 Å². The van der Waals surface area contributed by atoms with Gasteiger partial charge < -0.3 is 15.3 Å². The summed E-state index contributed by atoms with van der Waals surface area (Å²) in [6.45, 7) is 5.28. The fourth-order valence-electron chi connectivity index (χ4n) is 3.23. The molecule has 0 spiro atoms. The summed E-state index contributed by atoms with van der Waals surface area (Å²) in [5.41, 5.74) is 2.30. The number of carboxylic acids is 1. The Morgan fingerprint density at radius 2 is 1.78 bits per heavy atom. The molecule has 2 aromatic rings. The van der Waals surface area contributed by atoms with Crippen LogP contribution in [-0.4, -0.2) is 40.0 Å². The van der Waals surface area contributed by atoms with Gasteiger partial charge in [0, 0.05) is 34.0 Å². The van der Waals surface area contributed by atoms with Gasteiger partial charge in [-0.05, 0) is 73.5 Å². The van der Waals surface area contributed by atoms with E-state index in [9.17, 15) is 14.7 Å². The molecule has 1 aliphatic heterocycles. The number of carboxylic acid groups (broad SMARTS) is 1. The maximum absolute atomic E-state index is 12.6. The first kappa shape index (κ1) is 19.5. The molecule has 0 bridgehead atoms. The van der Waals surface area contributed by atoms with E-state index in [1.807, 2.05) is 19.9 Å². The zero-order valence-corrected chi connectivity index (χ0v) is 17.4. The first-order chi connectivity index (χ1) is 12.8. The lowest BCUT2D eigenvalue weighted by Crippen LogP contribution is -2.39. The number of anilines is 2. The summed E-state index contributed by atoms with van der Waals surface area (Å²) in [5, 5.41) is 12.1. The Labute approximate surface area is 171 Å². The molecule has 1 fully saturated rings. The molecule has 142 valence electrons. The molecular formula is C19H21IN4O3. The van der Waals surface area contributed by atoms with Crippen molar-refractivity contribution in [1.29, 1.82) is 0 Å². The SMILES string of the molecule is Cc1cc(C)nc(N2CCC(C(=O)Nc3ccc(I)cc3C(=O)O)CC2)n1. The summed E-state index contributed by atoms with van der Waals surface area (Å²) in [7, 11) is 0. The highest BCUT2D eigenvalue weighted by Gasteiger charge is 2.27. The molecule has 0 aliphatic carbocycles. The van der Waals surface area contributed by atoms with Crippen LogP contribution in [-0.2, 0) is 4.79 Å². The molecule has 1 aromatic carbocycles. The van der Waals surface area contributed by atoms with Crippen LogP contribution in [0.25, 0.3) is 0 Å². The number of nitrogens with zero attached hydrogens (tertiary/aromatic N) is 3. The van der Waals surface area contributed by atoms with E-state index in [4.69, 9.17) is 0 Å². The van der Waals surface area contributed by atoms with E-state index < -0.39 is 5.97 Å². The van der Waals surface area contributed by atoms with Gasteiger partial charge in [-0.1, -0.05) is 0 Å². The summed E-state index contributed by atoms with van der Waals surface area (Å²) in [4.78, 5) is 35.1. The first-order valence-electron chi connectivity index (χ1n) is 8.74. The molecule has 1 saturated heterocycles. The number of carbonyl (C=O) groups is 2. The van der Waals surface area contributed by atoms with Crippen LogP contribution in [0.5, 0.6) is 0 Å². The van der Waals surface area contributed by atoms with E-state index in [1.165, 1.54) is 0 Å². The molecule has 2 heterocycles. The molecule has 7 nitrogen and oxygen atoms in total. The predicted molar refractivity (Wildman–Crippen MR) is 111 cm³/mol. The molecule has 27 heavy (non-hydrogen) atoms. The van der Waals surface area contributed by atoms with Crippen LogP contribution in [0.4, 0.5) is 11.6 Å². The lowest BCUT2D eigenvalue weighted by molar-refractivity contribution is -0.120. The topological polar surface area (TPSA) is 95.4 Å². The maximum Gasteiger partial charge on any atom is 0.337 e. The highest BCUT2D eigenvalue weighted by molar-refractivity contribution is 14.1. The van der Waals surface area contributed by atoms with Crippen molar-refractivity contribution in [2.45, 2.75) is 26.7 Å². The first-order valence-corrected chi connectivity index (χ1v) is 9.82. The van der Waals surface area contributed by atoms with E-state index in [0.29, 0.717) is 37.6 Å². The van der Waals surface area contributed by atoms with Crippen molar-refractivity contribution in [3.8, 4) is 0 Å². The van der Waals surface area contributed by atoms with Crippen molar-refractivity contribution in [2.75, 3.05) is 23.3 Å². The highest BCUT2D eigenvalue weighted by atomic mass is 127. The Kier molecular flexibility index (Phi) is 5.93. The Balaban J connectivity index is 1.65. The Morgan fingerprint density at radius 1 is 1.15 bits per heavy atom. The number of aromatic carboxylic acids is 1. The van der Waals surface area contributed by atoms with Gasteiger partial charge in [0.05, 0.1) is 11.3 Å². The average Bonchev–Trinajstić information content (AvgIpc) is 2.62. The number of benzene rings is 1. The van der Waals surface area contributed by atoms with Crippen LogP contribution < -0.4 is 10.2 Å². The van der Waals surface area contributed by atoms with Gasteiger partial charge >= 0.3 is 5.97 Å². The molecule has 0 radical (unpaired) electrons.